The Bertz CT molecular complexity index is 533. The number of hydrogen-bond acceptors (Lipinski definition) is 3. The van der Waals surface area contributed by atoms with Crippen LogP contribution in [0.25, 0.3) is 0 Å². The molecule has 0 bridgehead atoms. The Kier molecular flexibility index (Phi) is 3.98. The second-order valence-electron chi connectivity index (χ2n) is 4.64. The standard InChI is InChI=1S/C15H15NO3/c1-11-9-14(18)16(15(19)10-11)13-6-4-12(5-7-13)3-2-8-17/h4-7,11,17H,8-10H2,1H3. The molecule has 2 amide bonds. The van der Waals surface area contributed by atoms with Crippen LogP contribution in [0.1, 0.15) is 25.3 Å². The van der Waals surface area contributed by atoms with Gasteiger partial charge >= 0.3 is 0 Å². The molecule has 1 aliphatic rings. The number of aliphatic hydroxyl groups excluding tert-OH is 1. The van der Waals surface area contributed by atoms with Gasteiger partial charge in [0.05, 0.1) is 5.69 Å². The third-order valence-electron chi connectivity index (χ3n) is 2.98. The van der Waals surface area contributed by atoms with Gasteiger partial charge in [-0.05, 0) is 30.2 Å². The summed E-state index contributed by atoms with van der Waals surface area (Å²) in [4.78, 5) is 25.1. The van der Waals surface area contributed by atoms with Gasteiger partial charge in [-0.2, -0.15) is 0 Å². The summed E-state index contributed by atoms with van der Waals surface area (Å²) in [5.74, 6) is 5.12. The van der Waals surface area contributed by atoms with E-state index in [1.54, 1.807) is 24.3 Å². The number of imide groups is 1. The fourth-order valence-electron chi connectivity index (χ4n) is 2.11. The van der Waals surface area contributed by atoms with Crippen molar-refractivity contribution in [2.45, 2.75) is 19.8 Å². The number of aliphatic hydroxyl groups is 1. The van der Waals surface area contributed by atoms with Crippen LogP contribution in [0, 0.1) is 17.8 Å². The Hall–Kier alpha value is -2.12. The first-order valence-electron chi connectivity index (χ1n) is 6.17. The molecular formula is C15H15NO3. The van der Waals surface area contributed by atoms with Crippen LogP contribution in [0.3, 0.4) is 0 Å². The van der Waals surface area contributed by atoms with Crippen molar-refractivity contribution in [1.29, 1.82) is 0 Å². The molecule has 4 nitrogen and oxygen atoms in total. The van der Waals surface area contributed by atoms with E-state index in [4.69, 9.17) is 5.11 Å². The normalized spacial score (nSPS) is 16.2. The monoisotopic (exact) mass is 257 g/mol. The lowest BCUT2D eigenvalue weighted by Crippen LogP contribution is -2.42. The lowest BCUT2D eigenvalue weighted by atomic mass is 9.97. The minimum atomic E-state index is -0.192. The summed E-state index contributed by atoms with van der Waals surface area (Å²) in [5, 5.41) is 8.61. The van der Waals surface area contributed by atoms with E-state index in [1.807, 2.05) is 6.92 Å². The Morgan fingerprint density at radius 3 is 2.32 bits per heavy atom. The average molecular weight is 257 g/mol. The highest BCUT2D eigenvalue weighted by Crippen LogP contribution is 2.25. The van der Waals surface area contributed by atoms with E-state index in [0.717, 1.165) is 5.56 Å². The Balaban J connectivity index is 2.22. The van der Waals surface area contributed by atoms with Crippen molar-refractivity contribution in [3.63, 3.8) is 0 Å². The molecule has 1 saturated heterocycles. The zero-order chi connectivity index (χ0) is 13.8. The second kappa shape index (κ2) is 5.68. The van der Waals surface area contributed by atoms with E-state index in [0.29, 0.717) is 18.5 Å². The average Bonchev–Trinajstić information content (AvgIpc) is 2.36. The van der Waals surface area contributed by atoms with Crippen molar-refractivity contribution in [3.05, 3.63) is 29.8 Å². The maximum atomic E-state index is 11.9. The Labute approximate surface area is 112 Å². The number of nitrogens with zero attached hydrogens (tertiary/aromatic N) is 1. The summed E-state index contributed by atoms with van der Waals surface area (Å²) in [6.45, 7) is 1.71. The van der Waals surface area contributed by atoms with E-state index in [2.05, 4.69) is 11.8 Å². The van der Waals surface area contributed by atoms with Crippen molar-refractivity contribution in [1.82, 2.24) is 0 Å². The summed E-state index contributed by atoms with van der Waals surface area (Å²) in [5.41, 5.74) is 1.32. The van der Waals surface area contributed by atoms with Gasteiger partial charge in [0.15, 0.2) is 0 Å². The molecule has 0 aliphatic carbocycles. The minimum Gasteiger partial charge on any atom is -0.384 e. The number of amides is 2. The molecule has 1 heterocycles. The number of carbonyl (C=O) groups is 2. The number of benzene rings is 1. The van der Waals surface area contributed by atoms with E-state index >= 15 is 0 Å². The quantitative estimate of drug-likeness (QED) is 0.610. The zero-order valence-corrected chi connectivity index (χ0v) is 10.7. The number of hydrogen-bond donors (Lipinski definition) is 1. The molecule has 0 saturated carbocycles. The van der Waals surface area contributed by atoms with Crippen LogP contribution in [-0.2, 0) is 9.59 Å². The first-order valence-corrected chi connectivity index (χ1v) is 6.17. The summed E-state index contributed by atoms with van der Waals surface area (Å²) in [7, 11) is 0. The van der Waals surface area contributed by atoms with Gasteiger partial charge in [0.2, 0.25) is 11.8 Å². The summed E-state index contributed by atoms with van der Waals surface area (Å²) in [6, 6.07) is 6.87. The maximum absolute atomic E-state index is 11.9. The highest BCUT2D eigenvalue weighted by Gasteiger charge is 2.31. The summed E-state index contributed by atoms with van der Waals surface area (Å²) < 4.78 is 0. The summed E-state index contributed by atoms with van der Waals surface area (Å²) >= 11 is 0. The first kappa shape index (κ1) is 13.3. The van der Waals surface area contributed by atoms with Gasteiger partial charge in [0.25, 0.3) is 0 Å². The highest BCUT2D eigenvalue weighted by atomic mass is 16.2. The minimum absolute atomic E-state index is 0.117. The molecular weight excluding hydrogens is 242 g/mol. The van der Waals surface area contributed by atoms with Gasteiger partial charge < -0.3 is 5.11 Å². The van der Waals surface area contributed by atoms with Gasteiger partial charge in [0.1, 0.15) is 6.61 Å². The second-order valence-corrected chi connectivity index (χ2v) is 4.64. The van der Waals surface area contributed by atoms with E-state index in [1.165, 1.54) is 4.90 Å². The Morgan fingerprint density at radius 1 is 1.21 bits per heavy atom. The van der Waals surface area contributed by atoms with Gasteiger partial charge in [-0.25, -0.2) is 0 Å². The number of anilines is 1. The first-order chi connectivity index (χ1) is 9.11. The van der Waals surface area contributed by atoms with Crippen molar-refractivity contribution in [2.75, 3.05) is 11.5 Å². The van der Waals surface area contributed by atoms with Crippen LogP contribution in [-0.4, -0.2) is 23.5 Å². The van der Waals surface area contributed by atoms with Crippen LogP contribution in [0.2, 0.25) is 0 Å². The molecule has 1 N–H and O–H groups in total. The van der Waals surface area contributed by atoms with Crippen molar-refractivity contribution >= 4 is 17.5 Å². The Morgan fingerprint density at radius 2 is 1.79 bits per heavy atom. The SMILES string of the molecule is CC1CC(=O)N(c2ccc(C#CCO)cc2)C(=O)C1. The molecule has 1 aliphatic heterocycles. The molecule has 98 valence electrons. The molecule has 2 rings (SSSR count). The highest BCUT2D eigenvalue weighted by molar-refractivity contribution is 6.16. The fraction of sp³-hybridized carbons (Fsp3) is 0.333. The molecule has 4 heteroatoms. The van der Waals surface area contributed by atoms with Gasteiger partial charge in [-0.1, -0.05) is 18.8 Å². The molecule has 1 aromatic rings. The molecule has 0 radical (unpaired) electrons. The predicted molar refractivity (Wildman–Crippen MR) is 71.3 cm³/mol. The smallest absolute Gasteiger partial charge is 0.234 e. The van der Waals surface area contributed by atoms with Crippen LogP contribution < -0.4 is 4.90 Å². The van der Waals surface area contributed by atoms with E-state index in [-0.39, 0.29) is 24.3 Å². The lowest BCUT2D eigenvalue weighted by molar-refractivity contribution is -0.130. The maximum Gasteiger partial charge on any atom is 0.234 e. The molecule has 0 atom stereocenters. The number of piperidine rings is 1. The predicted octanol–water partition coefficient (Wildman–Crippen LogP) is 1.32. The molecule has 0 spiro atoms. The third-order valence-corrected chi connectivity index (χ3v) is 2.98. The topological polar surface area (TPSA) is 57.6 Å². The van der Waals surface area contributed by atoms with Crippen LogP contribution in [0.5, 0.6) is 0 Å². The summed E-state index contributed by atoms with van der Waals surface area (Å²) in [6.07, 6.45) is 0.801. The van der Waals surface area contributed by atoms with Gasteiger partial charge in [-0.15, -0.1) is 0 Å². The molecule has 0 unspecified atom stereocenters. The zero-order valence-electron chi connectivity index (χ0n) is 10.7. The van der Waals surface area contributed by atoms with E-state index in [9.17, 15) is 9.59 Å². The van der Waals surface area contributed by atoms with Crippen LogP contribution in [0.4, 0.5) is 5.69 Å². The van der Waals surface area contributed by atoms with Crippen LogP contribution in [0.15, 0.2) is 24.3 Å². The lowest BCUT2D eigenvalue weighted by Gasteiger charge is -2.28. The van der Waals surface area contributed by atoms with Crippen molar-refractivity contribution in [3.8, 4) is 11.8 Å². The fourth-order valence-corrected chi connectivity index (χ4v) is 2.11. The number of carbonyl (C=O) groups excluding carboxylic acids is 2. The third kappa shape index (κ3) is 3.01. The van der Waals surface area contributed by atoms with Crippen molar-refractivity contribution < 1.29 is 14.7 Å². The van der Waals surface area contributed by atoms with E-state index < -0.39 is 0 Å². The van der Waals surface area contributed by atoms with Gasteiger partial charge in [0, 0.05) is 18.4 Å². The molecule has 0 aromatic heterocycles. The molecule has 1 fully saturated rings. The van der Waals surface area contributed by atoms with Crippen molar-refractivity contribution in [2.24, 2.45) is 5.92 Å². The molecule has 1 aromatic carbocycles. The van der Waals surface area contributed by atoms with Crippen LogP contribution >= 0.6 is 0 Å². The molecule has 19 heavy (non-hydrogen) atoms. The van der Waals surface area contributed by atoms with Gasteiger partial charge in [-0.3, -0.25) is 14.5 Å². The largest absolute Gasteiger partial charge is 0.384 e. The number of rotatable bonds is 1.